The highest BCUT2D eigenvalue weighted by Gasteiger charge is 2.32. The number of thiazole rings is 1. The van der Waals surface area contributed by atoms with Crippen molar-refractivity contribution in [1.82, 2.24) is 24.8 Å². The van der Waals surface area contributed by atoms with Crippen molar-refractivity contribution in [2.24, 2.45) is 5.92 Å². The highest BCUT2D eigenvalue weighted by atomic mass is 32.1. The molecule has 1 aliphatic heterocycles. The number of nitrogens with one attached hydrogen (secondary N) is 1. The van der Waals surface area contributed by atoms with E-state index in [-0.39, 0.29) is 29.0 Å². The number of hydrogen-bond acceptors (Lipinski definition) is 7. The Bertz CT molecular complexity index is 1750. The van der Waals surface area contributed by atoms with Crippen molar-refractivity contribution in [1.29, 1.82) is 0 Å². The van der Waals surface area contributed by atoms with Crippen LogP contribution >= 0.6 is 11.3 Å². The summed E-state index contributed by atoms with van der Waals surface area (Å²) in [5.74, 6) is 0.535. The van der Waals surface area contributed by atoms with Crippen LogP contribution in [0.2, 0.25) is 0 Å². The van der Waals surface area contributed by atoms with Crippen LogP contribution in [0.25, 0.3) is 27.5 Å². The third-order valence-electron chi connectivity index (χ3n) is 7.79. The summed E-state index contributed by atoms with van der Waals surface area (Å²) in [6, 6.07) is 9.56. The molecule has 1 N–H and O–H groups in total. The molecule has 4 heterocycles. The number of carbonyl (C=O) groups is 1. The van der Waals surface area contributed by atoms with Gasteiger partial charge in [-0.3, -0.25) is 19.1 Å². The van der Waals surface area contributed by atoms with Crippen LogP contribution in [0.15, 0.2) is 52.8 Å². The van der Waals surface area contributed by atoms with Gasteiger partial charge in [0.2, 0.25) is 0 Å². The number of aromatic nitrogens is 3. The number of ether oxygens (including phenoxy) is 1. The number of halogens is 3. The van der Waals surface area contributed by atoms with Gasteiger partial charge in [-0.05, 0) is 55.5 Å². The molecule has 1 aliphatic rings. The molecule has 3 aromatic heterocycles. The van der Waals surface area contributed by atoms with Crippen molar-refractivity contribution < 1.29 is 22.7 Å². The van der Waals surface area contributed by atoms with Gasteiger partial charge in [0.15, 0.2) is 0 Å². The zero-order valence-electron chi connectivity index (χ0n) is 25.9. The van der Waals surface area contributed by atoms with E-state index < -0.39 is 11.9 Å². The molecule has 45 heavy (non-hydrogen) atoms. The summed E-state index contributed by atoms with van der Waals surface area (Å²) >= 11 is 1.19. The van der Waals surface area contributed by atoms with Gasteiger partial charge in [0, 0.05) is 54.6 Å². The van der Waals surface area contributed by atoms with E-state index in [1.165, 1.54) is 17.4 Å². The van der Waals surface area contributed by atoms with Crippen LogP contribution < -0.4 is 15.6 Å². The first-order valence-corrected chi connectivity index (χ1v) is 15.8. The van der Waals surface area contributed by atoms with Gasteiger partial charge in [-0.15, -0.1) is 11.3 Å². The number of hydrogen-bond donors (Lipinski definition) is 1. The lowest BCUT2D eigenvalue weighted by Crippen LogP contribution is -2.51. The Labute approximate surface area is 263 Å². The van der Waals surface area contributed by atoms with Crippen LogP contribution in [0.3, 0.4) is 0 Å². The summed E-state index contributed by atoms with van der Waals surface area (Å²) in [4.78, 5) is 38.9. The fraction of sp³-hybridized carbons (Fsp3) is 0.394. The molecule has 0 saturated carbocycles. The van der Waals surface area contributed by atoms with Crippen molar-refractivity contribution in [3.8, 4) is 33.3 Å². The van der Waals surface area contributed by atoms with Gasteiger partial charge in [-0.2, -0.15) is 13.2 Å². The van der Waals surface area contributed by atoms with Gasteiger partial charge >= 0.3 is 6.18 Å². The molecular weight excluding hydrogens is 603 g/mol. The molecule has 0 unspecified atom stereocenters. The molecule has 1 atom stereocenters. The van der Waals surface area contributed by atoms with E-state index in [2.05, 4.69) is 15.3 Å². The van der Waals surface area contributed by atoms with Crippen LogP contribution in [0.4, 0.5) is 13.2 Å². The Morgan fingerprint density at radius 1 is 1.20 bits per heavy atom. The molecule has 1 fully saturated rings. The molecule has 12 heteroatoms. The van der Waals surface area contributed by atoms with Crippen molar-refractivity contribution in [3.05, 3.63) is 80.8 Å². The van der Waals surface area contributed by atoms with Crippen molar-refractivity contribution in [2.75, 3.05) is 26.7 Å². The summed E-state index contributed by atoms with van der Waals surface area (Å²) < 4.78 is 46.4. The Kier molecular flexibility index (Phi) is 9.45. The largest absolute Gasteiger partial charge is 0.497 e. The first kappa shape index (κ1) is 32.4. The SMILES string of the molecule is CCc1ccc(OC)cc1-n1c(CC(C)C)c(C(=O)N2CCN[C@@H](C)C2)cc(-c2nc(-c3ccc(C(F)(F)F)nc3)cs2)c1=O. The normalized spacial score (nSPS) is 15.5. The Morgan fingerprint density at radius 2 is 1.98 bits per heavy atom. The lowest BCUT2D eigenvalue weighted by Gasteiger charge is -2.33. The second-order valence-electron chi connectivity index (χ2n) is 11.6. The van der Waals surface area contributed by atoms with Crippen LogP contribution in [-0.4, -0.2) is 58.1 Å². The van der Waals surface area contributed by atoms with E-state index in [1.807, 2.05) is 50.8 Å². The van der Waals surface area contributed by atoms with Crippen molar-refractivity contribution >= 4 is 17.2 Å². The third-order valence-corrected chi connectivity index (χ3v) is 8.67. The van der Waals surface area contributed by atoms with E-state index in [0.717, 1.165) is 17.8 Å². The molecule has 0 radical (unpaired) electrons. The second kappa shape index (κ2) is 13.1. The summed E-state index contributed by atoms with van der Waals surface area (Å²) in [6.07, 6.45) is -2.33. The summed E-state index contributed by atoms with van der Waals surface area (Å²) in [5.41, 5.74) is 2.23. The first-order chi connectivity index (χ1) is 21.4. The maximum Gasteiger partial charge on any atom is 0.433 e. The number of carbonyl (C=O) groups excluding carboxylic acids is 1. The number of methoxy groups -OCH3 is 1. The number of piperazine rings is 1. The maximum atomic E-state index is 14.6. The molecule has 0 aliphatic carbocycles. The number of nitrogens with zero attached hydrogens (tertiary/aromatic N) is 4. The Balaban J connectivity index is 1.74. The van der Waals surface area contributed by atoms with E-state index in [1.54, 1.807) is 23.1 Å². The smallest absolute Gasteiger partial charge is 0.433 e. The number of pyridine rings is 2. The van der Waals surface area contributed by atoms with Gasteiger partial charge in [0.25, 0.3) is 11.5 Å². The molecule has 5 rings (SSSR count). The molecule has 238 valence electrons. The molecule has 0 bridgehead atoms. The molecule has 1 saturated heterocycles. The van der Waals surface area contributed by atoms with Crippen LogP contribution in [-0.2, 0) is 19.0 Å². The van der Waals surface area contributed by atoms with Crippen LogP contribution in [0.1, 0.15) is 55.0 Å². The molecule has 1 aromatic carbocycles. The van der Waals surface area contributed by atoms with Crippen LogP contribution in [0, 0.1) is 5.92 Å². The minimum atomic E-state index is -4.56. The van der Waals surface area contributed by atoms with Gasteiger partial charge < -0.3 is 15.0 Å². The predicted molar refractivity (Wildman–Crippen MR) is 169 cm³/mol. The van der Waals surface area contributed by atoms with Gasteiger partial charge in [-0.25, -0.2) is 4.98 Å². The number of rotatable bonds is 8. The van der Waals surface area contributed by atoms with E-state index in [4.69, 9.17) is 4.74 Å². The zero-order valence-corrected chi connectivity index (χ0v) is 26.7. The van der Waals surface area contributed by atoms with E-state index in [9.17, 15) is 22.8 Å². The fourth-order valence-corrected chi connectivity index (χ4v) is 6.38. The first-order valence-electron chi connectivity index (χ1n) is 14.9. The predicted octanol–water partition coefficient (Wildman–Crippen LogP) is 6.25. The van der Waals surface area contributed by atoms with Gasteiger partial charge in [-0.1, -0.05) is 26.8 Å². The second-order valence-corrected chi connectivity index (χ2v) is 12.4. The maximum absolute atomic E-state index is 14.6. The topological polar surface area (TPSA) is 89.3 Å². The summed E-state index contributed by atoms with van der Waals surface area (Å²) in [6.45, 7) is 9.82. The molecular formula is C33H36F3N5O3S. The number of aryl methyl sites for hydroxylation is 1. The monoisotopic (exact) mass is 639 g/mol. The molecule has 4 aromatic rings. The average molecular weight is 640 g/mol. The Morgan fingerprint density at radius 3 is 2.60 bits per heavy atom. The summed E-state index contributed by atoms with van der Waals surface area (Å²) in [7, 11) is 1.56. The fourth-order valence-electron chi connectivity index (χ4n) is 5.54. The third kappa shape index (κ3) is 6.81. The van der Waals surface area contributed by atoms with Crippen molar-refractivity contribution in [2.45, 2.75) is 52.8 Å². The van der Waals surface area contributed by atoms with Crippen molar-refractivity contribution in [3.63, 3.8) is 0 Å². The number of amides is 1. The standard InChI is InChI=1S/C33H36F3N5O3S/c1-6-21-7-9-23(44-5)14-27(21)41-28(13-19(2)3)24(31(42)40-12-11-37-20(4)17-40)15-25(32(41)43)30-39-26(18-45-30)22-8-10-29(38-16-22)33(34,35)36/h7-10,14-16,18-20,37H,6,11-13,17H2,1-5H3/t20-/m0/s1. The molecule has 0 spiro atoms. The quantitative estimate of drug-likeness (QED) is 0.246. The minimum absolute atomic E-state index is 0.116. The van der Waals surface area contributed by atoms with Gasteiger partial charge in [0.1, 0.15) is 16.5 Å². The molecule has 1 amide bonds. The lowest BCUT2D eigenvalue weighted by atomic mass is 9.98. The molecule has 8 nitrogen and oxygen atoms in total. The highest BCUT2D eigenvalue weighted by molar-refractivity contribution is 7.13. The number of alkyl halides is 3. The van der Waals surface area contributed by atoms with E-state index in [0.29, 0.717) is 71.4 Å². The zero-order chi connectivity index (χ0) is 32.5. The average Bonchev–Trinajstić information content (AvgIpc) is 3.50. The lowest BCUT2D eigenvalue weighted by molar-refractivity contribution is -0.141. The van der Waals surface area contributed by atoms with Crippen LogP contribution in [0.5, 0.6) is 5.75 Å². The summed E-state index contributed by atoms with van der Waals surface area (Å²) in [5, 5.41) is 5.39. The van der Waals surface area contributed by atoms with Gasteiger partial charge in [0.05, 0.1) is 29.6 Å². The number of benzene rings is 1. The highest BCUT2D eigenvalue weighted by Crippen LogP contribution is 2.33. The van der Waals surface area contributed by atoms with E-state index >= 15 is 0 Å². The Hall–Kier alpha value is -4.03. The minimum Gasteiger partial charge on any atom is -0.497 e.